The number of benzene rings is 2. The third-order valence-electron chi connectivity index (χ3n) is 5.64. The second-order valence-electron chi connectivity index (χ2n) is 7.75. The van der Waals surface area contributed by atoms with Gasteiger partial charge in [0.25, 0.3) is 0 Å². The molecular formula is C26H21BrFN3O2S. The molecule has 1 aliphatic rings. The highest BCUT2D eigenvalue weighted by Crippen LogP contribution is 2.43. The van der Waals surface area contributed by atoms with Gasteiger partial charge in [-0.15, -0.1) is 0 Å². The molecule has 1 aliphatic heterocycles. The fourth-order valence-corrected chi connectivity index (χ4v) is 5.03. The van der Waals surface area contributed by atoms with E-state index in [1.807, 2.05) is 66.4 Å². The molecule has 0 bridgehead atoms. The number of halogens is 2. The predicted octanol–water partition coefficient (Wildman–Crippen LogP) is 6.82. The van der Waals surface area contributed by atoms with Crippen LogP contribution in [0.4, 0.5) is 10.1 Å². The lowest BCUT2D eigenvalue weighted by molar-refractivity contribution is 0.340. The van der Waals surface area contributed by atoms with Crippen LogP contribution < -0.4 is 15.0 Å². The highest BCUT2D eigenvalue weighted by Gasteiger charge is 2.42. The van der Waals surface area contributed by atoms with E-state index >= 15 is 0 Å². The fraction of sp³-hybridized carbons (Fsp3) is 0.154. The van der Waals surface area contributed by atoms with Crippen molar-refractivity contribution in [2.24, 2.45) is 0 Å². The van der Waals surface area contributed by atoms with Crippen LogP contribution in [0.3, 0.4) is 0 Å². The molecule has 0 radical (unpaired) electrons. The third-order valence-corrected chi connectivity index (χ3v) is 6.61. The molecule has 0 saturated carbocycles. The summed E-state index contributed by atoms with van der Waals surface area (Å²) in [6.07, 6.45) is 1.76. The Morgan fingerprint density at radius 3 is 2.65 bits per heavy atom. The van der Waals surface area contributed by atoms with Crippen LogP contribution in [0.15, 0.2) is 87.9 Å². The Morgan fingerprint density at radius 1 is 1.12 bits per heavy atom. The Balaban J connectivity index is 1.57. The molecule has 5 rings (SSSR count). The quantitative estimate of drug-likeness (QED) is 0.272. The fourth-order valence-electron chi connectivity index (χ4n) is 4.14. The van der Waals surface area contributed by atoms with Crippen molar-refractivity contribution in [1.82, 2.24) is 10.3 Å². The van der Waals surface area contributed by atoms with Crippen molar-refractivity contribution >= 4 is 38.9 Å². The van der Waals surface area contributed by atoms with Gasteiger partial charge in [0.05, 0.1) is 18.3 Å². The molecule has 2 aromatic heterocycles. The van der Waals surface area contributed by atoms with Crippen LogP contribution in [0.5, 0.6) is 5.75 Å². The van der Waals surface area contributed by atoms with Crippen LogP contribution in [-0.4, -0.2) is 16.7 Å². The van der Waals surface area contributed by atoms with Crippen LogP contribution in [0.1, 0.15) is 30.5 Å². The van der Waals surface area contributed by atoms with E-state index in [0.717, 1.165) is 22.7 Å². The smallest absolute Gasteiger partial charge is 0.174 e. The number of aromatic nitrogens is 1. The molecule has 2 aromatic carbocycles. The second-order valence-corrected chi connectivity index (χ2v) is 8.99. The summed E-state index contributed by atoms with van der Waals surface area (Å²) in [7, 11) is 0. The number of nitrogens with zero attached hydrogens (tertiary/aromatic N) is 2. The molecule has 5 nitrogen and oxygen atoms in total. The van der Waals surface area contributed by atoms with E-state index in [1.54, 1.807) is 12.3 Å². The zero-order chi connectivity index (χ0) is 23.7. The summed E-state index contributed by atoms with van der Waals surface area (Å²) in [6, 6.07) is 21.5. The summed E-state index contributed by atoms with van der Waals surface area (Å²) in [6.45, 7) is 2.55. The largest absolute Gasteiger partial charge is 0.494 e. The normalized spacial score (nSPS) is 17.6. The Morgan fingerprint density at radius 2 is 1.94 bits per heavy atom. The molecule has 1 fully saturated rings. The lowest BCUT2D eigenvalue weighted by atomic mass is 10.0. The minimum Gasteiger partial charge on any atom is -0.494 e. The van der Waals surface area contributed by atoms with Gasteiger partial charge >= 0.3 is 0 Å². The van der Waals surface area contributed by atoms with E-state index in [2.05, 4.69) is 26.2 Å². The standard InChI is InChI=1S/C26H21BrFN3O2S/c1-2-32-18-9-7-17(8-10-18)31-25(24(30-26(31)34)21-5-3-4-14-29-21)23-13-12-22(33-23)19-11-6-16(28)15-20(19)27/h3-15,24-25H,2H2,1H3,(H,30,34)/t24-,25+/m0/s1. The molecule has 8 heteroatoms. The first-order chi connectivity index (χ1) is 16.5. The highest BCUT2D eigenvalue weighted by atomic mass is 79.9. The van der Waals surface area contributed by atoms with Crippen molar-refractivity contribution < 1.29 is 13.5 Å². The van der Waals surface area contributed by atoms with Crippen molar-refractivity contribution in [3.8, 4) is 17.1 Å². The van der Waals surface area contributed by atoms with Crippen molar-refractivity contribution in [2.45, 2.75) is 19.0 Å². The van der Waals surface area contributed by atoms with E-state index in [4.69, 9.17) is 21.4 Å². The van der Waals surface area contributed by atoms with Crippen molar-refractivity contribution in [3.63, 3.8) is 0 Å². The number of anilines is 1. The maximum atomic E-state index is 13.6. The van der Waals surface area contributed by atoms with Crippen LogP contribution in [0.25, 0.3) is 11.3 Å². The number of pyridine rings is 1. The van der Waals surface area contributed by atoms with Crippen molar-refractivity contribution in [2.75, 3.05) is 11.5 Å². The molecule has 34 heavy (non-hydrogen) atoms. The average Bonchev–Trinajstić information content (AvgIpc) is 3.45. The summed E-state index contributed by atoms with van der Waals surface area (Å²) in [4.78, 5) is 6.60. The van der Waals surface area contributed by atoms with Gasteiger partial charge in [-0.3, -0.25) is 4.98 Å². The molecule has 0 spiro atoms. The number of furan rings is 1. The molecule has 0 unspecified atom stereocenters. The first-order valence-corrected chi connectivity index (χ1v) is 12.0. The number of ether oxygens (including phenoxy) is 1. The van der Waals surface area contributed by atoms with Crippen LogP contribution in [-0.2, 0) is 0 Å². The monoisotopic (exact) mass is 537 g/mol. The molecule has 0 amide bonds. The zero-order valence-corrected chi connectivity index (χ0v) is 20.6. The third kappa shape index (κ3) is 4.31. The molecule has 0 aliphatic carbocycles. The van der Waals surface area contributed by atoms with Gasteiger partial charge in [0, 0.05) is 21.9 Å². The predicted molar refractivity (Wildman–Crippen MR) is 137 cm³/mol. The number of nitrogens with one attached hydrogen (secondary N) is 1. The minimum atomic E-state index is -0.315. The Labute approximate surface area is 210 Å². The molecule has 2 atom stereocenters. The van der Waals surface area contributed by atoms with E-state index in [-0.39, 0.29) is 17.9 Å². The van der Waals surface area contributed by atoms with E-state index in [9.17, 15) is 4.39 Å². The van der Waals surface area contributed by atoms with Gasteiger partial charge in [-0.05, 0) is 102 Å². The lowest BCUT2D eigenvalue weighted by Crippen LogP contribution is -2.29. The summed E-state index contributed by atoms with van der Waals surface area (Å²) in [5.74, 6) is 1.82. The minimum absolute atomic E-state index is 0.226. The van der Waals surface area contributed by atoms with Crippen LogP contribution in [0.2, 0.25) is 0 Å². The molecule has 1 saturated heterocycles. The van der Waals surface area contributed by atoms with Crippen molar-refractivity contribution in [3.05, 3.63) is 101 Å². The Hall–Kier alpha value is -3.23. The lowest BCUT2D eigenvalue weighted by Gasteiger charge is -2.26. The van der Waals surface area contributed by atoms with Gasteiger partial charge in [0.1, 0.15) is 29.1 Å². The number of hydrogen-bond donors (Lipinski definition) is 1. The van der Waals surface area contributed by atoms with E-state index in [1.165, 1.54) is 12.1 Å². The SMILES string of the molecule is CCOc1ccc(N2C(=S)N[C@@H](c3ccccn3)[C@H]2c2ccc(-c3ccc(F)cc3Br)o2)cc1. The molecule has 3 heterocycles. The number of thiocarbonyl (C=S) groups is 1. The van der Waals surface area contributed by atoms with Crippen LogP contribution >= 0.6 is 28.1 Å². The molecule has 4 aromatic rings. The maximum absolute atomic E-state index is 13.6. The second kappa shape index (κ2) is 9.56. The first kappa shape index (κ1) is 22.6. The highest BCUT2D eigenvalue weighted by molar-refractivity contribution is 9.10. The van der Waals surface area contributed by atoms with Gasteiger partial charge in [0.15, 0.2) is 5.11 Å². The summed E-state index contributed by atoms with van der Waals surface area (Å²) >= 11 is 9.20. The van der Waals surface area contributed by atoms with Gasteiger partial charge in [-0.2, -0.15) is 0 Å². The van der Waals surface area contributed by atoms with Crippen LogP contribution in [0, 0.1) is 5.82 Å². The summed E-state index contributed by atoms with van der Waals surface area (Å²) in [5, 5.41) is 3.99. The number of hydrogen-bond acceptors (Lipinski definition) is 4. The van der Waals surface area contributed by atoms with E-state index < -0.39 is 0 Å². The summed E-state index contributed by atoms with van der Waals surface area (Å²) < 4.78 is 26.2. The van der Waals surface area contributed by atoms with Gasteiger partial charge in [0.2, 0.25) is 0 Å². The van der Waals surface area contributed by atoms with E-state index in [0.29, 0.717) is 27.7 Å². The molecular weight excluding hydrogens is 517 g/mol. The number of rotatable bonds is 6. The van der Waals surface area contributed by atoms with Gasteiger partial charge in [-0.25, -0.2) is 4.39 Å². The Bertz CT molecular complexity index is 1310. The summed E-state index contributed by atoms with van der Waals surface area (Å²) in [5.41, 5.74) is 2.53. The molecule has 172 valence electrons. The molecule has 1 N–H and O–H groups in total. The zero-order valence-electron chi connectivity index (χ0n) is 18.2. The topological polar surface area (TPSA) is 50.5 Å². The van der Waals surface area contributed by atoms with Gasteiger partial charge < -0.3 is 19.4 Å². The average molecular weight is 538 g/mol. The first-order valence-electron chi connectivity index (χ1n) is 10.8. The van der Waals surface area contributed by atoms with Gasteiger partial charge in [-0.1, -0.05) is 6.07 Å². The van der Waals surface area contributed by atoms with Crippen molar-refractivity contribution in [1.29, 1.82) is 0 Å². The Kier molecular flexibility index (Phi) is 6.34. The maximum Gasteiger partial charge on any atom is 0.174 e.